The van der Waals surface area contributed by atoms with Crippen molar-refractivity contribution in [2.75, 3.05) is 6.54 Å². The van der Waals surface area contributed by atoms with Crippen molar-refractivity contribution in [3.8, 4) is 0 Å². The Labute approximate surface area is 122 Å². The fourth-order valence-electron chi connectivity index (χ4n) is 2.74. The van der Waals surface area contributed by atoms with E-state index in [0.717, 1.165) is 4.88 Å². The Morgan fingerprint density at radius 3 is 2.90 bits per heavy atom. The number of nitrogens with zero attached hydrogens (tertiary/aromatic N) is 2. The minimum absolute atomic E-state index is 0.0563. The van der Waals surface area contributed by atoms with Gasteiger partial charge in [-0.25, -0.2) is 0 Å². The molecule has 6 heteroatoms. The highest BCUT2D eigenvalue weighted by molar-refractivity contribution is 7.09. The topological polar surface area (TPSA) is 70.5 Å². The number of rotatable bonds is 4. The van der Waals surface area contributed by atoms with Gasteiger partial charge in [-0.2, -0.15) is 0 Å². The third-order valence-corrected chi connectivity index (χ3v) is 4.41. The van der Waals surface area contributed by atoms with Gasteiger partial charge in [0.05, 0.1) is 17.5 Å². The first-order chi connectivity index (χ1) is 9.50. The van der Waals surface area contributed by atoms with Crippen molar-refractivity contribution in [2.24, 2.45) is 11.8 Å². The van der Waals surface area contributed by atoms with E-state index in [9.17, 15) is 14.7 Å². The van der Waals surface area contributed by atoms with Crippen LogP contribution >= 0.6 is 11.3 Å². The van der Waals surface area contributed by atoms with Gasteiger partial charge in [0, 0.05) is 24.0 Å². The number of likely N-dealkylation sites (tertiary alicyclic amines) is 1. The molecule has 2 unspecified atom stereocenters. The Morgan fingerprint density at radius 1 is 1.60 bits per heavy atom. The van der Waals surface area contributed by atoms with Crippen molar-refractivity contribution in [2.45, 2.75) is 39.2 Å². The van der Waals surface area contributed by atoms with Crippen LogP contribution in [0.25, 0.3) is 0 Å². The zero-order valence-corrected chi connectivity index (χ0v) is 12.6. The highest BCUT2D eigenvalue weighted by Crippen LogP contribution is 2.37. The molecular weight excluding hydrogens is 276 g/mol. The normalized spacial score (nSPS) is 23.9. The highest BCUT2D eigenvalue weighted by atomic mass is 32.1. The molecule has 0 aliphatic carbocycles. The largest absolute Gasteiger partial charge is 0.481 e. The molecule has 0 aromatic carbocycles. The standard InChI is InChI=1S/C14H20N2O3S/c1-9(2)7-16-12(17)5-3-4-10(14(18)19)13(16)11-6-15-8-20-11/h6,8-10,13H,3-5,7H2,1-2H3,(H,18,19). The van der Waals surface area contributed by atoms with Crippen LogP contribution < -0.4 is 0 Å². The molecule has 20 heavy (non-hydrogen) atoms. The summed E-state index contributed by atoms with van der Waals surface area (Å²) < 4.78 is 0. The molecule has 110 valence electrons. The van der Waals surface area contributed by atoms with Crippen LogP contribution in [0, 0.1) is 11.8 Å². The number of carboxylic acids is 1. The van der Waals surface area contributed by atoms with E-state index in [0.29, 0.717) is 31.7 Å². The van der Waals surface area contributed by atoms with Crippen LogP contribution in [0.4, 0.5) is 0 Å². The summed E-state index contributed by atoms with van der Waals surface area (Å²) in [4.78, 5) is 30.6. The highest BCUT2D eigenvalue weighted by Gasteiger charge is 2.39. The number of amides is 1. The molecule has 0 radical (unpaired) electrons. The molecule has 1 aromatic heterocycles. The molecule has 1 N–H and O–H groups in total. The minimum Gasteiger partial charge on any atom is -0.481 e. The lowest BCUT2D eigenvalue weighted by molar-refractivity contribution is -0.146. The predicted octanol–water partition coefficient (Wildman–Crippen LogP) is 2.55. The van der Waals surface area contributed by atoms with E-state index in [1.54, 1.807) is 16.6 Å². The first-order valence-corrected chi connectivity index (χ1v) is 7.79. The Bertz CT molecular complexity index is 473. The number of hydrogen-bond donors (Lipinski definition) is 1. The summed E-state index contributed by atoms with van der Waals surface area (Å²) in [7, 11) is 0. The molecular formula is C14H20N2O3S. The maximum Gasteiger partial charge on any atom is 0.308 e. The average Bonchev–Trinajstić information content (AvgIpc) is 2.83. The molecule has 2 heterocycles. The summed E-state index contributed by atoms with van der Waals surface area (Å²) in [6.45, 7) is 4.67. The maximum atomic E-state index is 12.3. The van der Waals surface area contributed by atoms with E-state index < -0.39 is 11.9 Å². The number of carboxylic acid groups (broad SMARTS) is 1. The van der Waals surface area contributed by atoms with Gasteiger partial charge in [-0.15, -0.1) is 11.3 Å². The fraction of sp³-hybridized carbons (Fsp3) is 0.643. The molecule has 5 nitrogen and oxygen atoms in total. The van der Waals surface area contributed by atoms with Gasteiger partial charge in [0.15, 0.2) is 0 Å². The van der Waals surface area contributed by atoms with Gasteiger partial charge in [-0.1, -0.05) is 13.8 Å². The zero-order chi connectivity index (χ0) is 14.7. The van der Waals surface area contributed by atoms with Crippen molar-refractivity contribution in [3.63, 3.8) is 0 Å². The molecule has 2 atom stereocenters. The second-order valence-electron chi connectivity index (χ2n) is 5.63. The SMILES string of the molecule is CC(C)CN1C(=O)CCCC(C(=O)O)C1c1cncs1. The van der Waals surface area contributed by atoms with Gasteiger partial charge in [0.1, 0.15) is 0 Å². The van der Waals surface area contributed by atoms with Gasteiger partial charge < -0.3 is 10.0 Å². The van der Waals surface area contributed by atoms with Crippen molar-refractivity contribution in [1.82, 2.24) is 9.88 Å². The summed E-state index contributed by atoms with van der Waals surface area (Å²) in [5.74, 6) is -1.00. The summed E-state index contributed by atoms with van der Waals surface area (Å²) in [6, 6.07) is -0.377. The van der Waals surface area contributed by atoms with Crippen molar-refractivity contribution in [1.29, 1.82) is 0 Å². The van der Waals surface area contributed by atoms with E-state index in [4.69, 9.17) is 0 Å². The summed E-state index contributed by atoms with van der Waals surface area (Å²) in [6.07, 6.45) is 3.31. The summed E-state index contributed by atoms with van der Waals surface area (Å²) in [5, 5.41) is 9.52. The number of carbonyl (C=O) groups excluding carboxylic acids is 1. The van der Waals surface area contributed by atoms with E-state index in [1.807, 2.05) is 13.8 Å². The third kappa shape index (κ3) is 3.17. The molecule has 1 fully saturated rings. The predicted molar refractivity (Wildman–Crippen MR) is 76.4 cm³/mol. The lowest BCUT2D eigenvalue weighted by Gasteiger charge is -2.33. The van der Waals surface area contributed by atoms with Crippen molar-refractivity contribution < 1.29 is 14.7 Å². The van der Waals surface area contributed by atoms with Gasteiger partial charge >= 0.3 is 5.97 Å². The molecule has 1 aromatic rings. The molecule has 1 aliphatic rings. The van der Waals surface area contributed by atoms with Crippen LogP contribution in [0.1, 0.15) is 44.0 Å². The van der Waals surface area contributed by atoms with E-state index in [2.05, 4.69) is 4.98 Å². The lowest BCUT2D eigenvalue weighted by Crippen LogP contribution is -2.40. The number of hydrogen-bond acceptors (Lipinski definition) is 4. The van der Waals surface area contributed by atoms with Gasteiger partial charge in [-0.3, -0.25) is 14.6 Å². The molecule has 0 saturated carbocycles. The van der Waals surface area contributed by atoms with Crippen LogP contribution in [0.15, 0.2) is 11.7 Å². The molecule has 0 spiro atoms. The summed E-state index contributed by atoms with van der Waals surface area (Å²) in [5.41, 5.74) is 1.69. The van der Waals surface area contributed by atoms with Gasteiger partial charge in [0.2, 0.25) is 5.91 Å². The van der Waals surface area contributed by atoms with Crippen LogP contribution in [0.5, 0.6) is 0 Å². The fourth-order valence-corrected chi connectivity index (χ4v) is 3.53. The van der Waals surface area contributed by atoms with Crippen LogP contribution in [-0.2, 0) is 9.59 Å². The quantitative estimate of drug-likeness (QED) is 0.927. The molecule has 1 amide bonds. The number of thiazole rings is 1. The second-order valence-corrected chi connectivity index (χ2v) is 6.54. The molecule has 1 saturated heterocycles. The Morgan fingerprint density at radius 2 is 2.35 bits per heavy atom. The first-order valence-electron chi connectivity index (χ1n) is 6.91. The van der Waals surface area contributed by atoms with Gasteiger partial charge in [-0.05, 0) is 18.8 Å². The minimum atomic E-state index is -0.827. The van der Waals surface area contributed by atoms with Crippen LogP contribution in [-0.4, -0.2) is 33.4 Å². The smallest absolute Gasteiger partial charge is 0.308 e. The molecule has 0 bridgehead atoms. The Kier molecular flexibility index (Phi) is 4.75. The lowest BCUT2D eigenvalue weighted by atomic mass is 9.93. The first kappa shape index (κ1) is 15.0. The second kappa shape index (κ2) is 6.35. The van der Waals surface area contributed by atoms with Crippen LogP contribution in [0.3, 0.4) is 0 Å². The average molecular weight is 296 g/mol. The molecule has 2 rings (SSSR count). The molecule has 1 aliphatic heterocycles. The Hall–Kier alpha value is -1.43. The van der Waals surface area contributed by atoms with E-state index in [1.165, 1.54) is 11.3 Å². The number of aliphatic carboxylic acids is 1. The Balaban J connectivity index is 2.40. The van der Waals surface area contributed by atoms with Crippen molar-refractivity contribution >= 4 is 23.2 Å². The summed E-state index contributed by atoms with van der Waals surface area (Å²) >= 11 is 1.42. The van der Waals surface area contributed by atoms with E-state index in [-0.39, 0.29) is 11.9 Å². The number of carbonyl (C=O) groups is 2. The zero-order valence-electron chi connectivity index (χ0n) is 11.8. The van der Waals surface area contributed by atoms with Crippen LogP contribution in [0.2, 0.25) is 0 Å². The van der Waals surface area contributed by atoms with E-state index >= 15 is 0 Å². The van der Waals surface area contributed by atoms with Crippen molar-refractivity contribution in [3.05, 3.63) is 16.6 Å². The monoisotopic (exact) mass is 296 g/mol. The van der Waals surface area contributed by atoms with Gasteiger partial charge in [0.25, 0.3) is 0 Å². The maximum absolute atomic E-state index is 12.3. The number of aromatic nitrogens is 1. The third-order valence-electron chi connectivity index (χ3n) is 3.56.